The number of carboxylic acids is 1. The number of alkyl halides is 1. The van der Waals surface area contributed by atoms with E-state index >= 15 is 0 Å². The number of fused-ring (bicyclic) bond motifs is 1. The van der Waals surface area contributed by atoms with Gasteiger partial charge in [0.1, 0.15) is 11.7 Å². The molecule has 0 aromatic rings. The number of aliphatic carboxylic acids is 1. The second-order valence-corrected chi connectivity index (χ2v) is 6.25. The lowest BCUT2D eigenvalue weighted by molar-refractivity contribution is -0.188. The number of esters is 2. The van der Waals surface area contributed by atoms with Crippen molar-refractivity contribution in [2.24, 2.45) is 29.4 Å². The van der Waals surface area contributed by atoms with Crippen molar-refractivity contribution in [2.45, 2.75) is 45.2 Å². The predicted molar refractivity (Wildman–Crippen MR) is 78.3 cm³/mol. The summed E-state index contributed by atoms with van der Waals surface area (Å²) in [5.41, 5.74) is 3.59. The van der Waals surface area contributed by atoms with Crippen molar-refractivity contribution < 1.29 is 33.4 Å². The highest BCUT2D eigenvalue weighted by atomic mass is 35.5. The number of hydrogen-bond acceptors (Lipinski definition) is 6. The molecule has 2 aliphatic carbocycles. The first-order valence-corrected chi connectivity index (χ1v) is 7.18. The van der Waals surface area contributed by atoms with E-state index in [-0.39, 0.29) is 24.7 Å². The molecule has 2 fully saturated rings. The molecule has 132 valence electrons. The molecule has 2 rings (SSSR count). The van der Waals surface area contributed by atoms with E-state index in [1.807, 2.05) is 0 Å². The van der Waals surface area contributed by atoms with Gasteiger partial charge in [0.15, 0.2) is 0 Å². The van der Waals surface area contributed by atoms with Gasteiger partial charge in [-0.3, -0.25) is 14.4 Å². The van der Waals surface area contributed by atoms with Crippen LogP contribution in [0.1, 0.15) is 27.2 Å². The van der Waals surface area contributed by atoms with Gasteiger partial charge in [-0.05, 0) is 12.3 Å². The molecule has 2 aliphatic rings. The summed E-state index contributed by atoms with van der Waals surface area (Å²) in [7, 11) is 0. The van der Waals surface area contributed by atoms with Crippen molar-refractivity contribution in [1.29, 1.82) is 0 Å². The van der Waals surface area contributed by atoms with Crippen LogP contribution in [0.5, 0.6) is 0 Å². The van der Waals surface area contributed by atoms with Crippen LogP contribution in [0.3, 0.4) is 0 Å². The van der Waals surface area contributed by atoms with Crippen LogP contribution < -0.4 is 5.73 Å². The molecule has 0 amide bonds. The second kappa shape index (κ2) is 6.60. The maximum absolute atomic E-state index is 13.7. The van der Waals surface area contributed by atoms with Gasteiger partial charge < -0.3 is 20.3 Å². The lowest BCUT2D eigenvalue weighted by atomic mass is 9.90. The summed E-state index contributed by atoms with van der Waals surface area (Å²) in [5, 5.41) is 9.12. The first-order valence-electron chi connectivity index (χ1n) is 7.18. The smallest absolute Gasteiger partial charge is 0.327 e. The fourth-order valence-electron chi connectivity index (χ4n) is 3.13. The zero-order valence-electron chi connectivity index (χ0n) is 13.0. The van der Waals surface area contributed by atoms with Crippen LogP contribution in [0.15, 0.2) is 0 Å². The predicted octanol–water partition coefficient (Wildman–Crippen LogP) is 0.883. The topological polar surface area (TPSA) is 116 Å². The molecule has 2 saturated carbocycles. The van der Waals surface area contributed by atoms with Gasteiger partial charge in [0.25, 0.3) is 0 Å². The molecule has 9 heteroatoms. The van der Waals surface area contributed by atoms with Crippen LogP contribution >= 0.6 is 12.4 Å². The SMILES string of the molecule is CC(OC(=O)C(C)C)OC(=O)[C@H]1[C@@H]2C[C@H](F)[C@@](N)(C(=O)O)[C@@H]21.Cl. The molecule has 23 heavy (non-hydrogen) atoms. The van der Waals surface area contributed by atoms with Crippen LogP contribution in [0.4, 0.5) is 4.39 Å². The lowest BCUT2D eigenvalue weighted by Gasteiger charge is -2.25. The van der Waals surface area contributed by atoms with Gasteiger partial charge >= 0.3 is 17.9 Å². The minimum Gasteiger partial charge on any atom is -0.480 e. The highest BCUT2D eigenvalue weighted by Gasteiger charge is 2.75. The van der Waals surface area contributed by atoms with Gasteiger partial charge in [0.05, 0.1) is 11.8 Å². The summed E-state index contributed by atoms with van der Waals surface area (Å²) in [6.45, 7) is 4.67. The van der Waals surface area contributed by atoms with Crippen LogP contribution in [-0.4, -0.2) is 41.0 Å². The molecule has 0 aromatic carbocycles. The van der Waals surface area contributed by atoms with Gasteiger partial charge in [-0.2, -0.15) is 0 Å². The van der Waals surface area contributed by atoms with Crippen molar-refractivity contribution in [3.05, 3.63) is 0 Å². The normalized spacial score (nSPS) is 35.7. The first-order chi connectivity index (χ1) is 10.1. The summed E-state index contributed by atoms with van der Waals surface area (Å²) in [6.07, 6.45) is -2.84. The van der Waals surface area contributed by atoms with E-state index < -0.39 is 53.7 Å². The van der Waals surface area contributed by atoms with E-state index in [0.29, 0.717) is 0 Å². The first kappa shape index (κ1) is 19.6. The van der Waals surface area contributed by atoms with Gasteiger partial charge in [0.2, 0.25) is 6.29 Å². The molecule has 0 heterocycles. The number of carbonyl (C=O) groups excluding carboxylic acids is 2. The highest BCUT2D eigenvalue weighted by molar-refractivity contribution is 5.86. The number of carbonyl (C=O) groups is 3. The van der Waals surface area contributed by atoms with Gasteiger partial charge in [0, 0.05) is 12.8 Å². The van der Waals surface area contributed by atoms with Crippen molar-refractivity contribution in [1.82, 2.24) is 0 Å². The third kappa shape index (κ3) is 3.28. The largest absolute Gasteiger partial charge is 0.480 e. The average Bonchev–Trinajstić information content (AvgIpc) is 3.04. The number of carboxylic acid groups (broad SMARTS) is 1. The molecule has 1 unspecified atom stereocenters. The van der Waals surface area contributed by atoms with E-state index in [0.717, 1.165) is 0 Å². The minimum atomic E-state index is -2.05. The Morgan fingerprint density at radius 3 is 2.30 bits per heavy atom. The number of nitrogens with two attached hydrogens (primary N) is 1. The van der Waals surface area contributed by atoms with E-state index in [4.69, 9.17) is 20.3 Å². The average molecular weight is 354 g/mol. The maximum atomic E-state index is 13.7. The summed E-state index contributed by atoms with van der Waals surface area (Å²) in [6, 6.07) is 0. The molecule has 0 aliphatic heterocycles. The van der Waals surface area contributed by atoms with Crippen LogP contribution in [-0.2, 0) is 23.9 Å². The Hall–Kier alpha value is -1.41. The molecule has 0 spiro atoms. The van der Waals surface area contributed by atoms with Gasteiger partial charge in [-0.25, -0.2) is 4.39 Å². The number of halogens is 2. The highest BCUT2D eigenvalue weighted by Crippen LogP contribution is 2.62. The third-order valence-electron chi connectivity index (χ3n) is 4.40. The molecule has 7 nitrogen and oxygen atoms in total. The third-order valence-corrected chi connectivity index (χ3v) is 4.40. The summed E-state index contributed by atoms with van der Waals surface area (Å²) < 4.78 is 23.6. The van der Waals surface area contributed by atoms with Crippen molar-refractivity contribution in [3.8, 4) is 0 Å². The van der Waals surface area contributed by atoms with Crippen molar-refractivity contribution in [3.63, 3.8) is 0 Å². The molecule has 3 N–H and O–H groups in total. The minimum absolute atomic E-state index is 0. The summed E-state index contributed by atoms with van der Waals surface area (Å²) >= 11 is 0. The Kier molecular flexibility index (Phi) is 5.64. The number of rotatable bonds is 5. The molecule has 0 aromatic heterocycles. The van der Waals surface area contributed by atoms with E-state index in [9.17, 15) is 18.8 Å². The van der Waals surface area contributed by atoms with Gasteiger partial charge in [-0.15, -0.1) is 12.4 Å². The zero-order valence-corrected chi connectivity index (χ0v) is 13.8. The quantitative estimate of drug-likeness (QED) is 0.556. The van der Waals surface area contributed by atoms with Crippen molar-refractivity contribution in [2.75, 3.05) is 0 Å². The van der Waals surface area contributed by atoms with E-state index in [2.05, 4.69) is 0 Å². The second-order valence-electron chi connectivity index (χ2n) is 6.25. The van der Waals surface area contributed by atoms with Crippen molar-refractivity contribution >= 4 is 30.3 Å². The fraction of sp³-hybridized carbons (Fsp3) is 0.786. The van der Waals surface area contributed by atoms with E-state index in [1.54, 1.807) is 13.8 Å². The van der Waals surface area contributed by atoms with Gasteiger partial charge in [-0.1, -0.05) is 13.8 Å². The lowest BCUT2D eigenvalue weighted by Crippen LogP contribution is -2.56. The van der Waals surface area contributed by atoms with Crippen LogP contribution in [0.2, 0.25) is 0 Å². The Labute approximate surface area is 139 Å². The summed E-state index contributed by atoms with van der Waals surface area (Å²) in [4.78, 5) is 34.6. The standard InChI is InChI=1S/C14H20FNO6.ClH/c1-5(2)11(17)21-6(3)22-12(18)9-7-4-8(15)14(16,10(7)9)13(19)20;/h5-10H,4,16H2,1-3H3,(H,19,20);1H/t6?,7-,8-,9-,10-,14-;/m0./s1. The fourth-order valence-corrected chi connectivity index (χ4v) is 3.13. The molecular weight excluding hydrogens is 333 g/mol. The van der Waals surface area contributed by atoms with Crippen LogP contribution in [0.25, 0.3) is 0 Å². The van der Waals surface area contributed by atoms with Crippen LogP contribution in [0, 0.1) is 23.7 Å². The molecule has 0 bridgehead atoms. The Morgan fingerprint density at radius 2 is 1.83 bits per heavy atom. The molecule has 6 atom stereocenters. The monoisotopic (exact) mass is 353 g/mol. The Morgan fingerprint density at radius 1 is 1.26 bits per heavy atom. The maximum Gasteiger partial charge on any atom is 0.327 e. The zero-order chi connectivity index (χ0) is 16.8. The number of hydrogen-bond donors (Lipinski definition) is 2. The summed E-state index contributed by atoms with van der Waals surface area (Å²) in [5.74, 6) is -5.01. The number of ether oxygens (including phenoxy) is 2. The Bertz CT molecular complexity index is 515. The molecule has 0 saturated heterocycles. The Balaban J connectivity index is 0.00000264. The molecular formula is C14H21ClFNO6. The van der Waals surface area contributed by atoms with E-state index in [1.165, 1.54) is 6.92 Å². The molecule has 0 radical (unpaired) electrons.